The number of nitrogens with one attached hydrogen (secondary N) is 4. The molecule has 0 bridgehead atoms. The highest BCUT2D eigenvalue weighted by Crippen LogP contribution is 2.27. The van der Waals surface area contributed by atoms with Crippen molar-refractivity contribution in [3.05, 3.63) is 122 Å². The third kappa shape index (κ3) is 12.1. The molecule has 6 heterocycles. The van der Waals surface area contributed by atoms with Crippen LogP contribution >= 0.6 is 0 Å². The number of morpholine rings is 1. The minimum Gasteiger partial charge on any atom is -0.379 e. The maximum atomic E-state index is 14.8. The summed E-state index contributed by atoms with van der Waals surface area (Å²) in [5, 5.41) is 16.4. The van der Waals surface area contributed by atoms with Crippen LogP contribution in [0.5, 0.6) is 0 Å². The molecule has 0 radical (unpaired) electrons. The molecule has 18 nitrogen and oxygen atoms in total. The Balaban J connectivity index is 0.762. The molecule has 5 aromatic rings. The van der Waals surface area contributed by atoms with Gasteiger partial charge in [0.2, 0.25) is 11.8 Å². The van der Waals surface area contributed by atoms with E-state index >= 15 is 0 Å². The third-order valence-electron chi connectivity index (χ3n) is 12.9. The van der Waals surface area contributed by atoms with Crippen molar-refractivity contribution in [2.75, 3.05) is 104 Å². The zero-order valence-electron chi connectivity index (χ0n) is 38.3. The number of hydrogen-bond donors (Lipinski definition) is 4. The van der Waals surface area contributed by atoms with Gasteiger partial charge in [-0.15, -0.1) is 0 Å². The number of fused-ring (bicyclic) bond motifs is 1. The molecule has 0 saturated carbocycles. The monoisotopic (exact) mass is 931 g/mol. The maximum Gasteiger partial charge on any atom is 0.274 e. The van der Waals surface area contributed by atoms with Crippen LogP contribution in [0.3, 0.4) is 0 Å². The Labute approximate surface area is 392 Å². The zero-order chi connectivity index (χ0) is 47.6. The van der Waals surface area contributed by atoms with Crippen molar-refractivity contribution in [2.24, 2.45) is 5.92 Å². The Kier molecular flexibility index (Phi) is 15.8. The highest BCUT2D eigenvalue weighted by atomic mass is 19.1. The molecule has 0 spiro atoms. The number of rotatable bonds is 16. The van der Waals surface area contributed by atoms with E-state index in [1.807, 2.05) is 22.8 Å². The molecule has 19 heteroatoms. The lowest BCUT2D eigenvalue weighted by molar-refractivity contribution is -0.122. The van der Waals surface area contributed by atoms with Crippen molar-refractivity contribution in [3.63, 3.8) is 0 Å². The molecule has 3 aliphatic rings. The predicted molar refractivity (Wildman–Crippen MR) is 254 cm³/mol. The molecule has 0 aliphatic carbocycles. The smallest absolute Gasteiger partial charge is 0.274 e. The minimum absolute atomic E-state index is 0.116. The van der Waals surface area contributed by atoms with Gasteiger partial charge in [0, 0.05) is 114 Å². The summed E-state index contributed by atoms with van der Waals surface area (Å²) in [5.41, 5.74) is 2.66. The Bertz CT molecular complexity index is 2740. The van der Waals surface area contributed by atoms with Crippen LogP contribution in [-0.4, -0.2) is 161 Å². The summed E-state index contributed by atoms with van der Waals surface area (Å²) in [6.45, 7) is 10.6. The first-order valence-electron chi connectivity index (χ1n) is 23.4. The average Bonchev–Trinajstić information content (AvgIpc) is 3.35. The highest BCUT2D eigenvalue weighted by Gasteiger charge is 2.29. The Morgan fingerprint density at radius 2 is 1.50 bits per heavy atom. The molecule has 3 aliphatic heterocycles. The SMILES string of the molecule is CCn1cc(-c2cnc(C(=O)N3CCC(CN4CCN(CC(=O)NCCNC(=O)c5cc(Cc6n[nH]c(=O)c7ccccc67)ccc5F)CC4)CC3)c(NC(=O)CN3CCOCC3)c2)ccc1=O. The number of H-pyrrole nitrogens is 1. The fourth-order valence-electron chi connectivity index (χ4n) is 9.04. The maximum absolute atomic E-state index is 14.8. The Hall–Kier alpha value is -6.67. The second-order valence-corrected chi connectivity index (χ2v) is 17.6. The molecule has 68 heavy (non-hydrogen) atoms. The number of carbonyl (C=O) groups is 4. The lowest BCUT2D eigenvalue weighted by Crippen LogP contribution is -2.51. The van der Waals surface area contributed by atoms with Crippen LogP contribution in [-0.2, 0) is 27.3 Å². The number of aryl methyl sites for hydroxylation is 1. The van der Waals surface area contributed by atoms with Crippen LogP contribution in [0.4, 0.5) is 10.1 Å². The summed E-state index contributed by atoms with van der Waals surface area (Å²) in [7, 11) is 0. The molecule has 8 rings (SSSR count). The van der Waals surface area contributed by atoms with E-state index < -0.39 is 11.7 Å². The number of carbonyl (C=O) groups excluding carboxylic acids is 4. The number of anilines is 1. The molecule has 3 fully saturated rings. The number of piperazine rings is 1. The normalized spacial score (nSPS) is 16.4. The van der Waals surface area contributed by atoms with Crippen molar-refractivity contribution in [3.8, 4) is 11.1 Å². The number of ether oxygens (including phenoxy) is 1. The van der Waals surface area contributed by atoms with Crippen LogP contribution in [0.1, 0.15) is 51.9 Å². The number of nitrogens with zero attached hydrogens (tertiary/aromatic N) is 7. The van der Waals surface area contributed by atoms with Gasteiger partial charge in [0.25, 0.3) is 22.9 Å². The topological polar surface area (TPSA) is 207 Å². The van der Waals surface area contributed by atoms with Crippen molar-refractivity contribution in [1.29, 1.82) is 0 Å². The van der Waals surface area contributed by atoms with Crippen LogP contribution in [0.25, 0.3) is 21.9 Å². The fourth-order valence-corrected chi connectivity index (χ4v) is 9.04. The predicted octanol–water partition coefficient (Wildman–Crippen LogP) is 2.18. The Morgan fingerprint density at radius 3 is 2.26 bits per heavy atom. The van der Waals surface area contributed by atoms with Crippen molar-refractivity contribution in [2.45, 2.75) is 32.7 Å². The molecule has 2 aromatic carbocycles. The van der Waals surface area contributed by atoms with E-state index in [0.29, 0.717) is 85.1 Å². The quantitative estimate of drug-likeness (QED) is 0.105. The van der Waals surface area contributed by atoms with Gasteiger partial charge in [-0.2, -0.15) is 5.10 Å². The number of piperidine rings is 1. The number of benzene rings is 2. The van der Waals surface area contributed by atoms with Gasteiger partial charge in [-0.05, 0) is 67.1 Å². The van der Waals surface area contributed by atoms with E-state index in [2.05, 4.69) is 40.9 Å². The molecule has 3 saturated heterocycles. The minimum atomic E-state index is -0.669. The van der Waals surface area contributed by atoms with E-state index in [0.717, 1.165) is 51.1 Å². The molecule has 3 aromatic heterocycles. The number of pyridine rings is 2. The summed E-state index contributed by atoms with van der Waals surface area (Å²) in [6, 6.07) is 16.4. The van der Waals surface area contributed by atoms with Gasteiger partial charge in [0.05, 0.1) is 48.6 Å². The lowest BCUT2D eigenvalue weighted by Gasteiger charge is -2.38. The summed E-state index contributed by atoms with van der Waals surface area (Å²) < 4.78 is 21.8. The van der Waals surface area contributed by atoms with E-state index in [1.54, 1.807) is 53.4 Å². The van der Waals surface area contributed by atoms with Crippen molar-refractivity contribution in [1.82, 2.24) is 50.0 Å². The van der Waals surface area contributed by atoms with Gasteiger partial charge in [-0.3, -0.25) is 38.6 Å². The fraction of sp³-hybridized carbons (Fsp3) is 0.429. The summed E-state index contributed by atoms with van der Waals surface area (Å²) in [5.74, 6) is -1.52. The molecule has 0 atom stereocenters. The summed E-state index contributed by atoms with van der Waals surface area (Å²) >= 11 is 0. The van der Waals surface area contributed by atoms with Gasteiger partial charge in [0.15, 0.2) is 5.69 Å². The number of aromatic nitrogens is 4. The van der Waals surface area contributed by atoms with E-state index in [9.17, 15) is 33.2 Å². The largest absolute Gasteiger partial charge is 0.379 e. The molecule has 4 N–H and O–H groups in total. The second-order valence-electron chi connectivity index (χ2n) is 17.6. The average molecular weight is 932 g/mol. The van der Waals surface area contributed by atoms with Crippen LogP contribution in [0.15, 0.2) is 82.6 Å². The number of amides is 4. The van der Waals surface area contributed by atoms with E-state index in [-0.39, 0.29) is 72.7 Å². The summed E-state index contributed by atoms with van der Waals surface area (Å²) in [4.78, 5) is 90.5. The van der Waals surface area contributed by atoms with E-state index in [4.69, 9.17) is 4.74 Å². The lowest BCUT2D eigenvalue weighted by atomic mass is 9.95. The number of halogens is 1. The van der Waals surface area contributed by atoms with Gasteiger partial charge >= 0.3 is 0 Å². The molecular weight excluding hydrogens is 874 g/mol. The van der Waals surface area contributed by atoms with Crippen molar-refractivity contribution >= 4 is 40.1 Å². The number of likely N-dealkylation sites (tertiary alicyclic amines) is 1. The molecular formula is C49H58FN11O7. The van der Waals surface area contributed by atoms with Gasteiger partial charge < -0.3 is 35.1 Å². The van der Waals surface area contributed by atoms with Crippen molar-refractivity contribution < 1.29 is 28.3 Å². The van der Waals surface area contributed by atoms with Gasteiger partial charge in [-0.25, -0.2) is 14.5 Å². The standard InChI is InChI=1S/C49H58FN11O7/c1-2-60-30-35(8-10-45(60)64)36-27-42(54-44(63)32-59-21-23-68-24-22-59)46(53-28-36)49(67)61-15-11-33(12-16-61)29-57-17-19-58(20-18-57)31-43(62)51-13-14-52-47(65)39-25-34(7-9-40(39)50)26-41-37-5-3-4-6-38(37)48(66)56-55-41/h3-10,25,27-28,30,33H,2,11-24,26,29,31-32H2,1H3,(H,51,62)(H,52,65)(H,54,63)(H,56,66). The van der Waals surface area contributed by atoms with Gasteiger partial charge in [0.1, 0.15) is 5.82 Å². The van der Waals surface area contributed by atoms with Crippen LogP contribution in [0, 0.1) is 11.7 Å². The third-order valence-corrected chi connectivity index (χ3v) is 12.9. The molecule has 0 unspecified atom stereocenters. The van der Waals surface area contributed by atoms with E-state index in [1.165, 1.54) is 18.2 Å². The molecule has 4 amide bonds. The van der Waals surface area contributed by atoms with Crippen LogP contribution < -0.4 is 27.1 Å². The molecule has 358 valence electrons. The number of aromatic amines is 1. The number of hydrogen-bond acceptors (Lipinski definition) is 12. The van der Waals surface area contributed by atoms with Crippen LogP contribution in [0.2, 0.25) is 0 Å². The Morgan fingerprint density at radius 1 is 0.794 bits per heavy atom. The first-order chi connectivity index (χ1) is 33.0. The first-order valence-corrected chi connectivity index (χ1v) is 23.4. The first kappa shape index (κ1) is 47.8. The van der Waals surface area contributed by atoms with Gasteiger partial charge in [-0.1, -0.05) is 24.3 Å². The highest BCUT2D eigenvalue weighted by molar-refractivity contribution is 6.03. The zero-order valence-corrected chi connectivity index (χ0v) is 38.3. The summed E-state index contributed by atoms with van der Waals surface area (Å²) in [6.07, 6.45) is 5.30. The second kappa shape index (κ2) is 22.4.